The third-order valence-corrected chi connectivity index (χ3v) is 10.4. The van der Waals surface area contributed by atoms with Crippen LogP contribution < -0.4 is 11.0 Å². The highest BCUT2D eigenvalue weighted by molar-refractivity contribution is 7.45. The molecular formula is C31H37N4O6P. The second-order valence-corrected chi connectivity index (χ2v) is 12.5. The largest absolute Gasteiger partial charge is 0.374 e. The molecule has 0 aliphatic carbocycles. The van der Waals surface area contributed by atoms with Crippen LogP contribution in [0.25, 0.3) is 0 Å². The minimum atomic E-state index is -1.39. The number of hydrogen-bond donors (Lipinski definition) is 1. The molecule has 3 saturated heterocycles. The molecule has 42 heavy (non-hydrogen) atoms. The number of amides is 1. The number of benzene rings is 2. The van der Waals surface area contributed by atoms with Crippen LogP contribution in [0.4, 0.5) is 5.82 Å². The fourth-order valence-corrected chi connectivity index (χ4v) is 8.42. The SMILES string of the molecule is CC[C@H]1O[C@@H](n2cc(C)c(NC(=O)c3ccccc3)nc2=O)C(OC)[C@H]1O[P@@]1O[C@](C)(c2ccccc2)[C@@H]2CCCN21. The Balaban J connectivity index is 1.24. The molecule has 1 aromatic heterocycles. The van der Waals surface area contributed by atoms with Crippen LogP contribution in [0.5, 0.6) is 0 Å². The van der Waals surface area contributed by atoms with Crippen LogP contribution in [-0.2, 0) is 24.1 Å². The lowest BCUT2D eigenvalue weighted by Gasteiger charge is -2.29. The zero-order valence-corrected chi connectivity index (χ0v) is 25.2. The molecule has 0 bridgehead atoms. The minimum absolute atomic E-state index is 0.208. The van der Waals surface area contributed by atoms with E-state index in [1.807, 2.05) is 31.2 Å². The van der Waals surface area contributed by atoms with Gasteiger partial charge in [-0.25, -0.2) is 9.46 Å². The first-order valence-corrected chi connectivity index (χ1v) is 15.6. The van der Waals surface area contributed by atoms with E-state index in [0.717, 1.165) is 24.9 Å². The van der Waals surface area contributed by atoms with E-state index in [0.29, 0.717) is 17.5 Å². The summed E-state index contributed by atoms with van der Waals surface area (Å²) >= 11 is 0. The Morgan fingerprint density at radius 1 is 1.14 bits per heavy atom. The summed E-state index contributed by atoms with van der Waals surface area (Å²) in [6.45, 7) is 6.88. The summed E-state index contributed by atoms with van der Waals surface area (Å²) < 4.78 is 29.7. The van der Waals surface area contributed by atoms with Crippen molar-refractivity contribution < 1.29 is 23.3 Å². The first kappa shape index (κ1) is 29.1. The number of methoxy groups -OCH3 is 1. The van der Waals surface area contributed by atoms with E-state index in [9.17, 15) is 9.59 Å². The monoisotopic (exact) mass is 592 g/mol. The van der Waals surface area contributed by atoms with Crippen LogP contribution in [0.15, 0.2) is 71.7 Å². The van der Waals surface area contributed by atoms with Crippen LogP contribution in [0.2, 0.25) is 0 Å². The van der Waals surface area contributed by atoms with Gasteiger partial charge in [0, 0.05) is 31.0 Å². The molecule has 0 spiro atoms. The number of fused-ring (bicyclic) bond motifs is 1. The summed E-state index contributed by atoms with van der Waals surface area (Å²) in [6, 6.07) is 19.4. The van der Waals surface area contributed by atoms with E-state index in [1.165, 1.54) is 4.57 Å². The predicted octanol–water partition coefficient (Wildman–Crippen LogP) is 5.15. The summed E-state index contributed by atoms with van der Waals surface area (Å²) in [4.78, 5) is 30.2. The van der Waals surface area contributed by atoms with Gasteiger partial charge in [-0.15, -0.1) is 0 Å². The maximum absolute atomic E-state index is 13.3. The number of rotatable bonds is 8. The number of nitrogens with one attached hydrogen (secondary N) is 1. The Morgan fingerprint density at radius 3 is 2.55 bits per heavy atom. The maximum Gasteiger partial charge on any atom is 0.351 e. The van der Waals surface area contributed by atoms with Crippen LogP contribution in [-0.4, -0.2) is 58.1 Å². The predicted molar refractivity (Wildman–Crippen MR) is 159 cm³/mol. The Bertz CT molecular complexity index is 1470. The molecule has 1 unspecified atom stereocenters. The number of hydrogen-bond acceptors (Lipinski definition) is 8. The topological polar surface area (TPSA) is 104 Å². The molecule has 3 aromatic rings. The van der Waals surface area contributed by atoms with E-state index in [1.54, 1.807) is 44.5 Å². The number of carbonyl (C=O) groups excluding carboxylic acids is 1. The number of carbonyl (C=O) groups is 1. The van der Waals surface area contributed by atoms with Crippen molar-refractivity contribution in [2.75, 3.05) is 19.0 Å². The van der Waals surface area contributed by atoms with E-state index < -0.39 is 38.3 Å². The van der Waals surface area contributed by atoms with Gasteiger partial charge in [0.2, 0.25) is 0 Å². The normalized spacial score (nSPS) is 30.9. The molecule has 3 aliphatic rings. The molecule has 1 amide bonds. The average Bonchev–Trinajstić information content (AvgIpc) is 3.71. The van der Waals surface area contributed by atoms with E-state index in [-0.39, 0.29) is 23.9 Å². The quantitative estimate of drug-likeness (QED) is 0.359. The molecule has 6 rings (SSSR count). The minimum Gasteiger partial charge on any atom is -0.374 e. The van der Waals surface area contributed by atoms with Gasteiger partial charge in [-0.1, -0.05) is 55.5 Å². The average molecular weight is 593 g/mol. The zero-order valence-electron chi connectivity index (χ0n) is 24.3. The number of aromatic nitrogens is 2. The molecule has 1 N–H and O–H groups in total. The van der Waals surface area contributed by atoms with Gasteiger partial charge in [-0.3, -0.25) is 9.36 Å². The molecule has 7 atom stereocenters. The molecule has 11 heteroatoms. The molecular weight excluding hydrogens is 555 g/mol. The van der Waals surface area contributed by atoms with Crippen molar-refractivity contribution in [3.05, 3.63) is 94.0 Å². The van der Waals surface area contributed by atoms with E-state index in [2.05, 4.69) is 34.0 Å². The van der Waals surface area contributed by atoms with Crippen LogP contribution in [0.1, 0.15) is 60.8 Å². The number of aryl methyl sites for hydroxylation is 1. The lowest BCUT2D eigenvalue weighted by molar-refractivity contribution is -0.0539. The highest BCUT2D eigenvalue weighted by atomic mass is 31.2. The Hall–Kier alpha value is -2.98. The second-order valence-electron chi connectivity index (χ2n) is 11.1. The Kier molecular flexibility index (Phi) is 8.29. The molecule has 10 nitrogen and oxygen atoms in total. The lowest BCUT2D eigenvalue weighted by atomic mass is 9.87. The third-order valence-electron chi connectivity index (χ3n) is 8.53. The van der Waals surface area contributed by atoms with Gasteiger partial charge < -0.3 is 23.8 Å². The van der Waals surface area contributed by atoms with Crippen molar-refractivity contribution in [2.45, 2.75) is 76.2 Å². The summed E-state index contributed by atoms with van der Waals surface area (Å²) in [7, 11) is 0.213. The second kappa shape index (κ2) is 12.0. The zero-order chi connectivity index (χ0) is 29.4. The number of anilines is 1. The number of nitrogens with zero attached hydrogens (tertiary/aromatic N) is 3. The van der Waals surface area contributed by atoms with Gasteiger partial charge in [0.25, 0.3) is 14.4 Å². The molecule has 3 fully saturated rings. The fourth-order valence-electron chi connectivity index (χ4n) is 6.27. The van der Waals surface area contributed by atoms with Gasteiger partial charge in [0.1, 0.15) is 23.6 Å². The molecule has 4 heterocycles. The van der Waals surface area contributed by atoms with Crippen molar-refractivity contribution in [3.8, 4) is 0 Å². The number of ether oxygens (including phenoxy) is 2. The fraction of sp³-hybridized carbons (Fsp3) is 0.452. The summed E-state index contributed by atoms with van der Waals surface area (Å²) in [5, 5.41) is 2.75. The van der Waals surface area contributed by atoms with Crippen LogP contribution >= 0.6 is 8.53 Å². The lowest BCUT2D eigenvalue weighted by Crippen LogP contribution is -2.39. The van der Waals surface area contributed by atoms with Crippen LogP contribution in [0, 0.1) is 6.92 Å². The van der Waals surface area contributed by atoms with Crippen LogP contribution in [0.3, 0.4) is 0 Å². The van der Waals surface area contributed by atoms with Crippen molar-refractivity contribution in [1.29, 1.82) is 0 Å². The summed E-state index contributed by atoms with van der Waals surface area (Å²) in [6.07, 6.45) is 2.33. The summed E-state index contributed by atoms with van der Waals surface area (Å²) in [5.41, 5.74) is 1.21. The van der Waals surface area contributed by atoms with E-state index >= 15 is 0 Å². The van der Waals surface area contributed by atoms with Gasteiger partial charge in [0.05, 0.1) is 12.1 Å². The molecule has 222 valence electrons. The highest BCUT2D eigenvalue weighted by Crippen LogP contribution is 2.64. The highest BCUT2D eigenvalue weighted by Gasteiger charge is 2.57. The van der Waals surface area contributed by atoms with Crippen molar-refractivity contribution >= 4 is 20.3 Å². The van der Waals surface area contributed by atoms with Gasteiger partial charge in [-0.05, 0) is 50.8 Å². The van der Waals surface area contributed by atoms with Gasteiger partial charge >= 0.3 is 5.69 Å². The molecule has 0 radical (unpaired) electrons. The summed E-state index contributed by atoms with van der Waals surface area (Å²) in [5.74, 6) is -0.128. The van der Waals surface area contributed by atoms with Crippen molar-refractivity contribution in [3.63, 3.8) is 0 Å². The molecule has 3 aliphatic heterocycles. The van der Waals surface area contributed by atoms with Crippen molar-refractivity contribution in [2.24, 2.45) is 0 Å². The first-order valence-electron chi connectivity index (χ1n) is 14.5. The smallest absolute Gasteiger partial charge is 0.351 e. The third kappa shape index (κ3) is 5.21. The maximum atomic E-state index is 13.3. The van der Waals surface area contributed by atoms with Crippen molar-refractivity contribution in [1.82, 2.24) is 14.2 Å². The Morgan fingerprint density at radius 2 is 1.86 bits per heavy atom. The molecule has 0 saturated carbocycles. The van der Waals surface area contributed by atoms with Gasteiger partial charge in [0.15, 0.2) is 6.23 Å². The van der Waals surface area contributed by atoms with E-state index in [4.69, 9.17) is 18.5 Å². The standard InChI is InChI=1S/C31H37N4O6P/c1-5-23-25(40-42-35-18-12-17-24(35)31(3,41-42)22-15-10-7-11-16-22)26(38-4)29(39-23)34-19-20(2)27(33-30(34)37)32-28(36)21-13-8-6-9-14-21/h6-11,13-16,19,23-26,29H,5,12,17-18H2,1-4H3,(H,32,33,36,37)/t23-,24+,25+,26?,29-,31-,42+/m1/s1. The Labute approximate surface area is 246 Å². The first-order chi connectivity index (χ1) is 20.3. The van der Waals surface area contributed by atoms with Gasteiger partial charge in [-0.2, -0.15) is 4.98 Å². The molecule has 2 aromatic carbocycles.